The van der Waals surface area contributed by atoms with Crippen LogP contribution in [0.15, 0.2) is 36.5 Å². The van der Waals surface area contributed by atoms with Crippen molar-refractivity contribution >= 4 is 0 Å². The van der Waals surface area contributed by atoms with Crippen LogP contribution < -0.4 is 0 Å². The smallest absolute Gasteiger partial charge is 0.0172 e. The SMILES string of the molecule is C=CC/C=C/C(C)C/C(C)=C/C. The first kappa shape index (κ1) is 11.2. The molecular weight excluding hydrogens is 144 g/mol. The Morgan fingerprint density at radius 2 is 2.17 bits per heavy atom. The van der Waals surface area contributed by atoms with Crippen LogP contribution in [0.2, 0.25) is 0 Å². The van der Waals surface area contributed by atoms with Gasteiger partial charge in [0.1, 0.15) is 0 Å². The average Bonchev–Trinajstić information content (AvgIpc) is 2.05. The van der Waals surface area contributed by atoms with Crippen molar-refractivity contribution in [2.24, 2.45) is 5.92 Å². The minimum atomic E-state index is 0.654. The van der Waals surface area contributed by atoms with Crippen molar-refractivity contribution in [1.82, 2.24) is 0 Å². The first-order chi connectivity index (χ1) is 5.70. The maximum Gasteiger partial charge on any atom is -0.0172 e. The van der Waals surface area contributed by atoms with Crippen molar-refractivity contribution in [3.05, 3.63) is 36.5 Å². The van der Waals surface area contributed by atoms with Gasteiger partial charge in [-0.25, -0.2) is 0 Å². The Labute approximate surface area is 76.7 Å². The van der Waals surface area contributed by atoms with E-state index in [9.17, 15) is 0 Å². The maximum absolute atomic E-state index is 3.67. The van der Waals surface area contributed by atoms with Gasteiger partial charge in [-0.2, -0.15) is 0 Å². The van der Waals surface area contributed by atoms with E-state index in [1.165, 1.54) is 12.0 Å². The van der Waals surface area contributed by atoms with Gasteiger partial charge < -0.3 is 0 Å². The van der Waals surface area contributed by atoms with Crippen LogP contribution >= 0.6 is 0 Å². The third-order valence-corrected chi connectivity index (χ3v) is 1.90. The summed E-state index contributed by atoms with van der Waals surface area (Å²) in [5.41, 5.74) is 1.46. The monoisotopic (exact) mass is 164 g/mol. The molecule has 12 heavy (non-hydrogen) atoms. The largest absolute Gasteiger partial charge is 0.103 e. The fourth-order valence-corrected chi connectivity index (χ4v) is 1.10. The number of allylic oxidation sites excluding steroid dienone is 5. The normalized spacial score (nSPS) is 15.1. The molecule has 0 amide bonds. The van der Waals surface area contributed by atoms with Gasteiger partial charge in [-0.1, -0.05) is 36.8 Å². The predicted octanol–water partition coefficient (Wildman–Crippen LogP) is 4.11. The fourth-order valence-electron chi connectivity index (χ4n) is 1.10. The lowest BCUT2D eigenvalue weighted by molar-refractivity contribution is 0.713. The summed E-state index contributed by atoms with van der Waals surface area (Å²) in [6.07, 6.45) is 10.7. The van der Waals surface area contributed by atoms with Gasteiger partial charge in [0.25, 0.3) is 0 Å². The Kier molecular flexibility index (Phi) is 6.45. The zero-order valence-electron chi connectivity index (χ0n) is 8.51. The summed E-state index contributed by atoms with van der Waals surface area (Å²) in [5, 5.41) is 0. The Morgan fingerprint density at radius 3 is 2.67 bits per heavy atom. The summed E-state index contributed by atoms with van der Waals surface area (Å²) in [4.78, 5) is 0. The molecule has 0 saturated carbocycles. The van der Waals surface area contributed by atoms with Crippen molar-refractivity contribution in [1.29, 1.82) is 0 Å². The van der Waals surface area contributed by atoms with Gasteiger partial charge in [0.2, 0.25) is 0 Å². The molecule has 0 aromatic heterocycles. The van der Waals surface area contributed by atoms with Crippen LogP contribution in [0.25, 0.3) is 0 Å². The number of hydrogen-bond acceptors (Lipinski definition) is 0. The lowest BCUT2D eigenvalue weighted by Gasteiger charge is -2.05. The summed E-state index contributed by atoms with van der Waals surface area (Å²) in [6.45, 7) is 10.2. The highest BCUT2D eigenvalue weighted by atomic mass is 14.0. The van der Waals surface area contributed by atoms with E-state index in [1.54, 1.807) is 0 Å². The van der Waals surface area contributed by atoms with Crippen molar-refractivity contribution in [3.8, 4) is 0 Å². The molecule has 0 fully saturated rings. The molecule has 68 valence electrons. The molecule has 0 radical (unpaired) electrons. The molecule has 0 N–H and O–H groups in total. The Bertz CT molecular complexity index is 172. The molecule has 1 atom stereocenters. The van der Waals surface area contributed by atoms with Gasteiger partial charge in [0.05, 0.1) is 0 Å². The van der Waals surface area contributed by atoms with Crippen LogP contribution in [0.1, 0.15) is 33.6 Å². The Hall–Kier alpha value is -0.780. The topological polar surface area (TPSA) is 0 Å². The second-order valence-electron chi connectivity index (χ2n) is 3.27. The van der Waals surface area contributed by atoms with Gasteiger partial charge >= 0.3 is 0 Å². The molecule has 0 nitrogen and oxygen atoms in total. The lowest BCUT2D eigenvalue weighted by Crippen LogP contribution is -1.89. The second-order valence-corrected chi connectivity index (χ2v) is 3.27. The first-order valence-corrected chi connectivity index (χ1v) is 4.60. The molecular formula is C12H20. The lowest BCUT2D eigenvalue weighted by atomic mass is 10.0. The minimum Gasteiger partial charge on any atom is -0.103 e. The van der Waals surface area contributed by atoms with Crippen molar-refractivity contribution in [2.45, 2.75) is 33.6 Å². The van der Waals surface area contributed by atoms with E-state index in [-0.39, 0.29) is 0 Å². The quantitative estimate of drug-likeness (QED) is 0.536. The molecule has 0 heterocycles. The summed E-state index contributed by atoms with van der Waals surface area (Å²) in [6, 6.07) is 0. The average molecular weight is 164 g/mol. The minimum absolute atomic E-state index is 0.654. The van der Waals surface area contributed by atoms with Crippen LogP contribution in [0, 0.1) is 5.92 Å². The molecule has 0 heteroatoms. The standard InChI is InChI=1S/C12H20/c1-5-7-8-9-12(4)10-11(3)6-2/h5-6,8-9,12H,1,7,10H2,2-4H3/b9-8+,11-6+. The molecule has 0 aliphatic heterocycles. The Balaban J connectivity index is 3.72. The molecule has 0 aromatic rings. The highest BCUT2D eigenvalue weighted by molar-refractivity contribution is 5.01. The molecule has 0 rings (SSSR count). The van der Waals surface area contributed by atoms with E-state index >= 15 is 0 Å². The highest BCUT2D eigenvalue weighted by Gasteiger charge is 1.96. The van der Waals surface area contributed by atoms with E-state index in [4.69, 9.17) is 0 Å². The highest BCUT2D eigenvalue weighted by Crippen LogP contribution is 2.11. The van der Waals surface area contributed by atoms with E-state index in [2.05, 4.69) is 45.6 Å². The van der Waals surface area contributed by atoms with E-state index < -0.39 is 0 Å². The zero-order valence-corrected chi connectivity index (χ0v) is 8.51. The number of rotatable bonds is 5. The molecule has 1 unspecified atom stereocenters. The van der Waals surface area contributed by atoms with Crippen molar-refractivity contribution in [2.75, 3.05) is 0 Å². The Morgan fingerprint density at radius 1 is 1.50 bits per heavy atom. The molecule has 0 aliphatic carbocycles. The van der Waals surface area contributed by atoms with Gasteiger partial charge in [-0.15, -0.1) is 6.58 Å². The molecule has 0 bridgehead atoms. The third-order valence-electron chi connectivity index (χ3n) is 1.90. The van der Waals surface area contributed by atoms with E-state index in [0.717, 1.165) is 6.42 Å². The summed E-state index contributed by atoms with van der Waals surface area (Å²) >= 11 is 0. The van der Waals surface area contributed by atoms with Crippen LogP contribution in [0.4, 0.5) is 0 Å². The van der Waals surface area contributed by atoms with Crippen LogP contribution in [0.3, 0.4) is 0 Å². The zero-order chi connectivity index (χ0) is 9.40. The van der Waals surface area contributed by atoms with Gasteiger partial charge in [-0.05, 0) is 32.6 Å². The van der Waals surface area contributed by atoms with Gasteiger partial charge in [0.15, 0.2) is 0 Å². The summed E-state index contributed by atoms with van der Waals surface area (Å²) in [5.74, 6) is 0.654. The molecule has 0 spiro atoms. The molecule has 0 aliphatic rings. The van der Waals surface area contributed by atoms with Crippen LogP contribution in [-0.2, 0) is 0 Å². The van der Waals surface area contributed by atoms with Gasteiger partial charge in [-0.3, -0.25) is 0 Å². The molecule has 0 aromatic carbocycles. The van der Waals surface area contributed by atoms with Crippen LogP contribution in [-0.4, -0.2) is 0 Å². The van der Waals surface area contributed by atoms with Crippen LogP contribution in [0.5, 0.6) is 0 Å². The maximum atomic E-state index is 3.67. The first-order valence-electron chi connectivity index (χ1n) is 4.60. The second kappa shape index (κ2) is 6.90. The fraction of sp³-hybridized carbons (Fsp3) is 0.500. The summed E-state index contributed by atoms with van der Waals surface area (Å²) < 4.78 is 0. The van der Waals surface area contributed by atoms with Crippen molar-refractivity contribution < 1.29 is 0 Å². The van der Waals surface area contributed by atoms with E-state index in [0.29, 0.717) is 5.92 Å². The summed E-state index contributed by atoms with van der Waals surface area (Å²) in [7, 11) is 0. The number of hydrogen-bond donors (Lipinski definition) is 0. The van der Waals surface area contributed by atoms with Gasteiger partial charge in [0, 0.05) is 0 Å². The third kappa shape index (κ3) is 5.96. The molecule has 0 saturated heterocycles. The van der Waals surface area contributed by atoms with E-state index in [1.807, 2.05) is 6.08 Å². The van der Waals surface area contributed by atoms with Crippen molar-refractivity contribution in [3.63, 3.8) is 0 Å². The predicted molar refractivity (Wildman–Crippen MR) is 57.2 cm³/mol.